The van der Waals surface area contributed by atoms with E-state index in [2.05, 4.69) is 0 Å². The van der Waals surface area contributed by atoms with E-state index in [1.54, 1.807) is 6.92 Å². The Kier molecular flexibility index (Phi) is 14.0. The minimum Gasteiger partial charge on any atom is -0.465 e. The topological polar surface area (TPSA) is 98.5 Å². The van der Waals surface area contributed by atoms with Gasteiger partial charge in [0.05, 0.1) is 39.6 Å². The molecule has 1 fully saturated rings. The normalized spacial score (nSPS) is 21.4. The Morgan fingerprint density at radius 1 is 0.680 bits per heavy atom. The summed E-state index contributed by atoms with van der Waals surface area (Å²) in [5, 5.41) is 0. The van der Waals surface area contributed by atoms with Gasteiger partial charge in [0, 0.05) is 6.42 Å². The van der Waals surface area contributed by atoms with Crippen molar-refractivity contribution in [3.63, 3.8) is 0 Å². The third-order valence-electron chi connectivity index (χ3n) is 8.38. The summed E-state index contributed by atoms with van der Waals surface area (Å²) in [7, 11) is 0. The molecular formula is C40H45F2NO7. The highest BCUT2D eigenvalue weighted by Gasteiger charge is 2.58. The number of hydrogen-bond acceptors (Lipinski definition) is 8. The Balaban J connectivity index is 1.50. The summed E-state index contributed by atoms with van der Waals surface area (Å²) in [5.41, 5.74) is 9.37. The fourth-order valence-electron chi connectivity index (χ4n) is 5.87. The molecule has 0 saturated carbocycles. The largest absolute Gasteiger partial charge is 0.465 e. The lowest BCUT2D eigenvalue weighted by Gasteiger charge is -2.48. The molecule has 1 aliphatic heterocycles. The van der Waals surface area contributed by atoms with Gasteiger partial charge in [-0.3, -0.25) is 4.79 Å². The average Bonchev–Trinajstić information content (AvgIpc) is 3.14. The molecule has 0 bridgehead atoms. The molecule has 1 heterocycles. The predicted molar refractivity (Wildman–Crippen MR) is 184 cm³/mol. The number of benzene rings is 4. The Bertz CT molecular complexity index is 1550. The average molecular weight is 690 g/mol. The second-order valence-corrected chi connectivity index (χ2v) is 12.2. The molecule has 4 aromatic carbocycles. The number of carbonyl (C=O) groups is 1. The molecule has 1 unspecified atom stereocenters. The van der Waals surface area contributed by atoms with Gasteiger partial charge in [0.15, 0.2) is 6.10 Å². The van der Waals surface area contributed by atoms with Crippen molar-refractivity contribution in [2.45, 2.75) is 82.3 Å². The monoisotopic (exact) mass is 689 g/mol. The fraction of sp³-hybridized carbons (Fsp3) is 0.375. The molecule has 0 spiro atoms. The number of carbonyl (C=O) groups excluding carboxylic acids is 1. The molecule has 6 atom stereocenters. The van der Waals surface area contributed by atoms with E-state index in [1.807, 2.05) is 121 Å². The van der Waals surface area contributed by atoms with Crippen molar-refractivity contribution >= 4 is 5.97 Å². The summed E-state index contributed by atoms with van der Waals surface area (Å²) in [4.78, 5) is 12.4. The first-order valence-corrected chi connectivity index (χ1v) is 16.9. The van der Waals surface area contributed by atoms with Crippen LogP contribution in [0.4, 0.5) is 8.78 Å². The van der Waals surface area contributed by atoms with Crippen molar-refractivity contribution in [2.75, 3.05) is 13.2 Å². The first-order valence-electron chi connectivity index (χ1n) is 16.9. The summed E-state index contributed by atoms with van der Waals surface area (Å²) < 4.78 is 69.9. The zero-order chi connectivity index (χ0) is 35.2. The van der Waals surface area contributed by atoms with E-state index in [4.69, 9.17) is 34.2 Å². The SMILES string of the molecule is CCOC(=O)C(N)CC(F)(F)[C@H]1O[C@H](COCc2ccccc2)[C@H](OCc2ccccc2)[C@H](OCc2ccccc2)[C@H]1OCc1ccccc1. The van der Waals surface area contributed by atoms with E-state index in [1.165, 1.54) is 0 Å². The number of alkyl halides is 2. The molecule has 0 aromatic heterocycles. The van der Waals surface area contributed by atoms with Crippen LogP contribution in [0.25, 0.3) is 0 Å². The minimum atomic E-state index is -3.65. The molecule has 1 aliphatic rings. The Morgan fingerprint density at radius 2 is 1.10 bits per heavy atom. The zero-order valence-electron chi connectivity index (χ0n) is 28.2. The fourth-order valence-corrected chi connectivity index (χ4v) is 5.87. The molecule has 2 N–H and O–H groups in total. The Hall–Kier alpha value is -4.03. The first kappa shape index (κ1) is 37.2. The third-order valence-corrected chi connectivity index (χ3v) is 8.38. The van der Waals surface area contributed by atoms with Crippen LogP contribution >= 0.6 is 0 Å². The van der Waals surface area contributed by atoms with Gasteiger partial charge in [-0.1, -0.05) is 121 Å². The standard InChI is InChI=1S/C40H45F2NO7/c1-2-46-39(44)33(43)23-40(41,42)38-37(49-27-32-21-13-6-14-22-32)36(48-26-31-19-11-5-12-20-31)35(47-25-30-17-9-4-10-18-30)34(50-38)28-45-24-29-15-7-3-8-16-29/h3-22,33-38H,2,23-28,43H2,1H3/t33?,34-,35+,36+,37-,38+/m1/s1. The van der Waals surface area contributed by atoms with Gasteiger partial charge >= 0.3 is 5.97 Å². The summed E-state index contributed by atoms with van der Waals surface area (Å²) in [6.45, 7) is 2.00. The van der Waals surface area contributed by atoms with Crippen molar-refractivity contribution in [1.29, 1.82) is 0 Å². The Labute approximate surface area is 292 Å². The summed E-state index contributed by atoms with van der Waals surface area (Å²) in [6.07, 6.45) is -7.18. The first-order chi connectivity index (χ1) is 24.3. The number of rotatable bonds is 18. The van der Waals surface area contributed by atoms with Crippen LogP contribution in [0, 0.1) is 0 Å². The van der Waals surface area contributed by atoms with E-state index < -0.39 is 54.9 Å². The molecule has 0 aliphatic carbocycles. The number of esters is 1. The van der Waals surface area contributed by atoms with E-state index in [9.17, 15) is 4.79 Å². The number of hydrogen-bond donors (Lipinski definition) is 1. The van der Waals surface area contributed by atoms with Gasteiger partial charge in [-0.25, -0.2) is 8.78 Å². The van der Waals surface area contributed by atoms with Crippen molar-refractivity contribution in [2.24, 2.45) is 5.73 Å². The molecule has 0 radical (unpaired) electrons. The van der Waals surface area contributed by atoms with E-state index in [0.717, 1.165) is 22.3 Å². The van der Waals surface area contributed by atoms with Crippen LogP contribution in [-0.2, 0) is 59.6 Å². The summed E-state index contributed by atoms with van der Waals surface area (Å²) in [5.74, 6) is -4.57. The quantitative estimate of drug-likeness (QED) is 0.116. The van der Waals surface area contributed by atoms with Crippen LogP contribution in [0.15, 0.2) is 121 Å². The van der Waals surface area contributed by atoms with Crippen LogP contribution in [-0.4, -0.2) is 61.7 Å². The molecule has 8 nitrogen and oxygen atoms in total. The lowest BCUT2D eigenvalue weighted by atomic mass is 9.88. The van der Waals surface area contributed by atoms with Crippen molar-refractivity contribution in [3.8, 4) is 0 Å². The van der Waals surface area contributed by atoms with E-state index >= 15 is 8.78 Å². The maximum Gasteiger partial charge on any atom is 0.323 e. The highest BCUT2D eigenvalue weighted by molar-refractivity contribution is 5.75. The minimum absolute atomic E-state index is 0.00282. The molecule has 1 saturated heterocycles. The van der Waals surface area contributed by atoms with Gasteiger partial charge in [-0.05, 0) is 29.2 Å². The highest BCUT2D eigenvalue weighted by Crippen LogP contribution is 2.39. The second-order valence-electron chi connectivity index (χ2n) is 12.2. The van der Waals surface area contributed by atoms with Crippen LogP contribution in [0.2, 0.25) is 0 Å². The summed E-state index contributed by atoms with van der Waals surface area (Å²) >= 11 is 0. The van der Waals surface area contributed by atoms with Crippen molar-refractivity contribution in [1.82, 2.24) is 0 Å². The number of ether oxygens (including phenoxy) is 6. The predicted octanol–water partition coefficient (Wildman–Crippen LogP) is 6.64. The third kappa shape index (κ3) is 10.7. The van der Waals surface area contributed by atoms with Gasteiger partial charge in [0.2, 0.25) is 0 Å². The van der Waals surface area contributed by atoms with Crippen LogP contribution in [0.1, 0.15) is 35.6 Å². The van der Waals surface area contributed by atoms with E-state index in [0.29, 0.717) is 0 Å². The van der Waals surface area contributed by atoms with Crippen LogP contribution in [0.3, 0.4) is 0 Å². The van der Waals surface area contributed by atoms with Gasteiger partial charge in [0.1, 0.15) is 30.5 Å². The van der Waals surface area contributed by atoms with Crippen LogP contribution < -0.4 is 5.73 Å². The van der Waals surface area contributed by atoms with Gasteiger partial charge < -0.3 is 34.2 Å². The Morgan fingerprint density at radius 3 is 1.56 bits per heavy atom. The lowest BCUT2D eigenvalue weighted by molar-refractivity contribution is -0.311. The zero-order valence-corrected chi connectivity index (χ0v) is 28.2. The summed E-state index contributed by atoms with van der Waals surface area (Å²) in [6, 6.07) is 36.1. The number of nitrogens with two attached hydrogens (primary N) is 1. The number of halogens is 2. The molecular weight excluding hydrogens is 644 g/mol. The molecule has 5 rings (SSSR count). The van der Waals surface area contributed by atoms with Gasteiger partial charge in [-0.2, -0.15) is 0 Å². The molecule has 10 heteroatoms. The molecule has 50 heavy (non-hydrogen) atoms. The van der Waals surface area contributed by atoms with Crippen molar-refractivity contribution < 1.29 is 42.0 Å². The van der Waals surface area contributed by atoms with Crippen LogP contribution in [0.5, 0.6) is 0 Å². The second kappa shape index (κ2) is 18.8. The van der Waals surface area contributed by atoms with Gasteiger partial charge in [-0.15, -0.1) is 0 Å². The molecule has 4 aromatic rings. The van der Waals surface area contributed by atoms with Crippen molar-refractivity contribution in [3.05, 3.63) is 144 Å². The van der Waals surface area contributed by atoms with Gasteiger partial charge in [0.25, 0.3) is 5.92 Å². The molecule has 0 amide bonds. The maximum atomic E-state index is 16.6. The smallest absolute Gasteiger partial charge is 0.323 e. The van der Waals surface area contributed by atoms with E-state index in [-0.39, 0.29) is 39.6 Å². The molecule has 266 valence electrons. The maximum absolute atomic E-state index is 16.6. The highest BCUT2D eigenvalue weighted by atomic mass is 19.3. The lowest BCUT2D eigenvalue weighted by Crippen LogP contribution is -2.66.